The fraction of sp³-hybridized carbons (Fsp3) is 0.240. The maximum absolute atomic E-state index is 13.4. The zero-order valence-corrected chi connectivity index (χ0v) is 18.8. The number of hydrogen-bond acceptors (Lipinski definition) is 8. The third kappa shape index (κ3) is 4.88. The third-order valence-electron chi connectivity index (χ3n) is 5.94. The lowest BCUT2D eigenvalue weighted by molar-refractivity contribution is -0.0224. The van der Waals surface area contributed by atoms with Crippen LogP contribution >= 0.6 is 0 Å². The number of nitrogens with zero attached hydrogens (tertiary/aromatic N) is 3. The number of fused-ring (bicyclic) bond motifs is 1. The Hall–Kier alpha value is -4.15. The maximum Gasteiger partial charge on any atom is 0.256 e. The highest BCUT2D eigenvalue weighted by atomic mass is 16.5. The molecule has 0 unspecified atom stereocenters. The molecule has 0 aliphatic carbocycles. The predicted molar refractivity (Wildman–Crippen MR) is 129 cm³/mol. The number of benzene rings is 1. The number of carbonyl (C=O) groups excluding carboxylic acids is 2. The monoisotopic (exact) mass is 472 g/mol. The Bertz CT molecular complexity index is 1330. The Balaban J connectivity index is 1.35. The number of pyridine rings is 1. The van der Waals surface area contributed by atoms with Crippen molar-refractivity contribution in [2.75, 3.05) is 23.8 Å². The molecule has 1 aliphatic rings. The minimum atomic E-state index is -0.312. The highest BCUT2D eigenvalue weighted by Crippen LogP contribution is 2.27. The van der Waals surface area contributed by atoms with Gasteiger partial charge in [0.1, 0.15) is 23.6 Å². The predicted octanol–water partition coefficient (Wildman–Crippen LogP) is 2.79. The van der Waals surface area contributed by atoms with Gasteiger partial charge in [-0.1, -0.05) is 18.2 Å². The summed E-state index contributed by atoms with van der Waals surface area (Å²) in [5.74, 6) is 0.465. The van der Waals surface area contributed by atoms with Crippen molar-refractivity contribution in [3.63, 3.8) is 0 Å². The molecule has 1 amide bonds. The van der Waals surface area contributed by atoms with Gasteiger partial charge in [-0.2, -0.15) is 0 Å². The van der Waals surface area contributed by atoms with Crippen molar-refractivity contribution in [3.8, 4) is 0 Å². The van der Waals surface area contributed by atoms with E-state index in [1.807, 2.05) is 0 Å². The standard InChI is InChI=1S/C25H24N6O4/c32-12-18-9-8-17(13-35-18)30-24-21-19(11-27-23(21)28-14-29-24)22(33)15-4-6-16(7-5-15)25(34)31-20-3-1-2-10-26-20/h1-7,10-11,14,17-18,32H,8-9,12-13H2,(H,26,31,34)(H2,27,28,29,30)/t17-,18-/m1/s1. The third-order valence-corrected chi connectivity index (χ3v) is 5.94. The van der Waals surface area contributed by atoms with Gasteiger partial charge in [0.15, 0.2) is 5.78 Å². The molecule has 5 rings (SSSR count). The van der Waals surface area contributed by atoms with E-state index in [1.165, 1.54) is 6.33 Å². The molecule has 3 aromatic heterocycles. The second-order valence-electron chi connectivity index (χ2n) is 8.28. The first-order valence-corrected chi connectivity index (χ1v) is 11.3. The average Bonchev–Trinajstić information content (AvgIpc) is 3.35. The van der Waals surface area contributed by atoms with E-state index in [9.17, 15) is 14.7 Å². The van der Waals surface area contributed by atoms with E-state index < -0.39 is 0 Å². The smallest absolute Gasteiger partial charge is 0.256 e. The number of hydrogen-bond donors (Lipinski definition) is 4. The second kappa shape index (κ2) is 10.00. The van der Waals surface area contributed by atoms with Crippen LogP contribution < -0.4 is 10.6 Å². The van der Waals surface area contributed by atoms with Crippen molar-refractivity contribution in [1.82, 2.24) is 19.9 Å². The van der Waals surface area contributed by atoms with Gasteiger partial charge < -0.3 is 25.5 Å². The molecular formula is C25H24N6O4. The number of carbonyl (C=O) groups is 2. The van der Waals surface area contributed by atoms with Crippen LogP contribution in [-0.2, 0) is 4.74 Å². The topological polar surface area (TPSA) is 142 Å². The van der Waals surface area contributed by atoms with Gasteiger partial charge in [-0.25, -0.2) is 15.0 Å². The summed E-state index contributed by atoms with van der Waals surface area (Å²) in [6.07, 6.45) is 6.06. The van der Waals surface area contributed by atoms with Crippen LogP contribution in [-0.4, -0.2) is 62.1 Å². The molecule has 0 saturated carbocycles. The fourth-order valence-electron chi connectivity index (χ4n) is 4.06. The van der Waals surface area contributed by atoms with Crippen molar-refractivity contribution in [1.29, 1.82) is 0 Å². The first kappa shape index (κ1) is 22.6. The summed E-state index contributed by atoms with van der Waals surface area (Å²) < 4.78 is 5.65. The van der Waals surface area contributed by atoms with Crippen molar-refractivity contribution >= 4 is 34.4 Å². The molecule has 178 valence electrons. The van der Waals surface area contributed by atoms with Crippen LogP contribution in [0.2, 0.25) is 0 Å². The van der Waals surface area contributed by atoms with Crippen LogP contribution in [0.5, 0.6) is 0 Å². The quantitative estimate of drug-likeness (QED) is 0.301. The lowest BCUT2D eigenvalue weighted by Gasteiger charge is -2.29. The number of aliphatic hydroxyl groups excluding tert-OH is 1. The number of aromatic amines is 1. The van der Waals surface area contributed by atoms with E-state index >= 15 is 0 Å². The molecule has 1 aliphatic heterocycles. The lowest BCUT2D eigenvalue weighted by Crippen LogP contribution is -2.36. The van der Waals surface area contributed by atoms with E-state index in [4.69, 9.17) is 4.74 Å². The van der Waals surface area contributed by atoms with E-state index in [0.717, 1.165) is 12.8 Å². The van der Waals surface area contributed by atoms with Gasteiger partial charge in [0.25, 0.3) is 5.91 Å². The molecule has 4 heterocycles. The van der Waals surface area contributed by atoms with Crippen LogP contribution in [0.1, 0.15) is 39.1 Å². The van der Waals surface area contributed by atoms with Crippen LogP contribution in [0.4, 0.5) is 11.6 Å². The molecule has 10 nitrogen and oxygen atoms in total. The molecule has 35 heavy (non-hydrogen) atoms. The number of H-pyrrole nitrogens is 1. The van der Waals surface area contributed by atoms with Crippen molar-refractivity contribution in [2.45, 2.75) is 25.0 Å². The highest BCUT2D eigenvalue weighted by molar-refractivity contribution is 6.18. The van der Waals surface area contributed by atoms with Crippen LogP contribution in [0.15, 0.2) is 61.2 Å². The average molecular weight is 473 g/mol. The molecule has 1 aromatic carbocycles. The Morgan fingerprint density at radius 1 is 1.06 bits per heavy atom. The minimum Gasteiger partial charge on any atom is -0.394 e. The number of amides is 1. The van der Waals surface area contributed by atoms with Gasteiger partial charge in [-0.15, -0.1) is 0 Å². The zero-order valence-electron chi connectivity index (χ0n) is 18.8. The Labute approximate surface area is 200 Å². The molecule has 4 aromatic rings. The Morgan fingerprint density at radius 2 is 1.89 bits per heavy atom. The fourth-order valence-corrected chi connectivity index (χ4v) is 4.06. The summed E-state index contributed by atoms with van der Waals surface area (Å²) in [7, 11) is 0. The van der Waals surface area contributed by atoms with Crippen LogP contribution in [0, 0.1) is 0 Å². The van der Waals surface area contributed by atoms with Crippen molar-refractivity contribution in [3.05, 3.63) is 77.9 Å². The summed E-state index contributed by atoms with van der Waals surface area (Å²) >= 11 is 0. The first-order valence-electron chi connectivity index (χ1n) is 11.3. The number of aromatic nitrogens is 4. The Morgan fingerprint density at radius 3 is 2.60 bits per heavy atom. The van der Waals surface area contributed by atoms with Gasteiger partial charge >= 0.3 is 0 Å². The number of ketones is 1. The lowest BCUT2D eigenvalue weighted by atomic mass is 10.0. The summed E-state index contributed by atoms with van der Waals surface area (Å²) in [6, 6.07) is 11.7. The number of rotatable bonds is 7. The number of anilines is 2. The molecule has 4 N–H and O–H groups in total. The highest BCUT2D eigenvalue weighted by Gasteiger charge is 2.24. The largest absolute Gasteiger partial charge is 0.394 e. The van der Waals surface area contributed by atoms with Crippen LogP contribution in [0.25, 0.3) is 11.0 Å². The second-order valence-corrected chi connectivity index (χ2v) is 8.28. The van der Waals surface area contributed by atoms with Crippen molar-refractivity contribution in [2.24, 2.45) is 0 Å². The molecule has 10 heteroatoms. The zero-order chi connectivity index (χ0) is 24.2. The van der Waals surface area contributed by atoms with Gasteiger partial charge in [-0.05, 0) is 37.1 Å². The molecule has 1 saturated heterocycles. The summed E-state index contributed by atoms with van der Waals surface area (Å²) in [5, 5.41) is 15.9. The van der Waals surface area contributed by atoms with E-state index in [2.05, 4.69) is 30.6 Å². The van der Waals surface area contributed by atoms with Crippen LogP contribution in [0.3, 0.4) is 0 Å². The first-order chi connectivity index (χ1) is 17.1. The van der Waals surface area contributed by atoms with Gasteiger partial charge in [0.2, 0.25) is 0 Å². The van der Waals surface area contributed by atoms with Gasteiger partial charge in [0, 0.05) is 23.5 Å². The summed E-state index contributed by atoms with van der Waals surface area (Å²) in [4.78, 5) is 41.6. The van der Waals surface area contributed by atoms with Gasteiger partial charge in [0.05, 0.1) is 36.3 Å². The molecule has 0 radical (unpaired) electrons. The molecule has 0 spiro atoms. The van der Waals surface area contributed by atoms with Gasteiger partial charge in [-0.3, -0.25) is 9.59 Å². The van der Waals surface area contributed by atoms with E-state index in [0.29, 0.717) is 46.0 Å². The SMILES string of the molecule is O=C(Nc1ccccn1)c1ccc(C(=O)c2c[nH]c3ncnc(N[C@@H]4CC[C@H](CO)OC4)c23)cc1. The Kier molecular flexibility index (Phi) is 6.47. The number of nitrogens with one attached hydrogen (secondary N) is 3. The normalized spacial score (nSPS) is 17.7. The summed E-state index contributed by atoms with van der Waals surface area (Å²) in [5.41, 5.74) is 1.82. The molecular weight excluding hydrogens is 448 g/mol. The van der Waals surface area contributed by atoms with Crippen molar-refractivity contribution < 1.29 is 19.4 Å². The summed E-state index contributed by atoms with van der Waals surface area (Å²) in [6.45, 7) is 0.441. The number of ether oxygens (including phenoxy) is 1. The van der Waals surface area contributed by atoms with E-state index in [-0.39, 0.29) is 30.4 Å². The minimum absolute atomic E-state index is 0.00449. The molecule has 2 atom stereocenters. The molecule has 1 fully saturated rings. The van der Waals surface area contributed by atoms with E-state index in [1.54, 1.807) is 54.9 Å². The molecule has 0 bridgehead atoms. The number of aliphatic hydroxyl groups is 1. The maximum atomic E-state index is 13.4.